The van der Waals surface area contributed by atoms with Crippen molar-refractivity contribution >= 4 is 5.97 Å². The molecule has 0 radical (unpaired) electrons. The molecule has 1 saturated heterocycles. The third kappa shape index (κ3) is 4.18. The fraction of sp³-hybridized carbons (Fsp3) is 0.909. The Balaban J connectivity index is 2.22. The van der Waals surface area contributed by atoms with Crippen LogP contribution in [0.3, 0.4) is 0 Å². The second-order valence-corrected chi connectivity index (χ2v) is 4.41. The van der Waals surface area contributed by atoms with E-state index in [1.54, 1.807) is 6.92 Å². The first-order valence-corrected chi connectivity index (χ1v) is 5.81. The van der Waals surface area contributed by atoms with Crippen LogP contribution >= 0.6 is 0 Å². The van der Waals surface area contributed by atoms with E-state index < -0.39 is 12.0 Å². The largest absolute Gasteiger partial charge is 0.480 e. The maximum absolute atomic E-state index is 10.6. The number of likely N-dealkylation sites (tertiary alicyclic amines) is 1. The lowest BCUT2D eigenvalue weighted by atomic mass is 10.1. The fourth-order valence-electron chi connectivity index (χ4n) is 1.92. The number of aliphatic carboxylic acids is 1. The van der Waals surface area contributed by atoms with Gasteiger partial charge in [0.05, 0.1) is 0 Å². The Hall–Kier alpha value is -0.610. The zero-order chi connectivity index (χ0) is 11.3. The van der Waals surface area contributed by atoms with Gasteiger partial charge in [-0.2, -0.15) is 0 Å². The number of carboxylic acid groups (broad SMARTS) is 1. The summed E-state index contributed by atoms with van der Waals surface area (Å²) in [4.78, 5) is 13.0. The van der Waals surface area contributed by atoms with Crippen LogP contribution in [0.1, 0.15) is 33.1 Å². The van der Waals surface area contributed by atoms with Gasteiger partial charge in [-0.05, 0) is 39.8 Å². The van der Waals surface area contributed by atoms with Gasteiger partial charge in [0.15, 0.2) is 0 Å². The molecule has 0 aromatic carbocycles. The van der Waals surface area contributed by atoms with Crippen molar-refractivity contribution in [1.82, 2.24) is 10.2 Å². The van der Waals surface area contributed by atoms with Crippen molar-refractivity contribution in [3.05, 3.63) is 0 Å². The zero-order valence-corrected chi connectivity index (χ0v) is 9.70. The molecule has 1 fully saturated rings. The molecule has 4 heteroatoms. The third-order valence-corrected chi connectivity index (χ3v) is 3.10. The summed E-state index contributed by atoms with van der Waals surface area (Å²) >= 11 is 0. The topological polar surface area (TPSA) is 52.6 Å². The molecule has 1 rings (SSSR count). The Morgan fingerprint density at radius 2 is 1.93 bits per heavy atom. The monoisotopic (exact) mass is 214 g/mol. The molecule has 0 aliphatic carbocycles. The van der Waals surface area contributed by atoms with Gasteiger partial charge in [-0.3, -0.25) is 9.69 Å². The molecule has 15 heavy (non-hydrogen) atoms. The van der Waals surface area contributed by atoms with Crippen molar-refractivity contribution in [1.29, 1.82) is 0 Å². The summed E-state index contributed by atoms with van der Waals surface area (Å²) in [5.41, 5.74) is 0. The van der Waals surface area contributed by atoms with E-state index >= 15 is 0 Å². The Morgan fingerprint density at radius 1 is 1.33 bits per heavy atom. The van der Waals surface area contributed by atoms with E-state index in [9.17, 15) is 4.79 Å². The number of rotatable bonds is 5. The first kappa shape index (κ1) is 12.5. The van der Waals surface area contributed by atoms with E-state index in [4.69, 9.17) is 5.11 Å². The van der Waals surface area contributed by atoms with Crippen LogP contribution in [0.15, 0.2) is 0 Å². The van der Waals surface area contributed by atoms with Crippen LogP contribution in [0.25, 0.3) is 0 Å². The molecule has 0 saturated carbocycles. The molecule has 0 aromatic heterocycles. The summed E-state index contributed by atoms with van der Waals surface area (Å²) in [5.74, 6) is -0.777. The summed E-state index contributed by atoms with van der Waals surface area (Å²) in [6.07, 6.45) is 3.89. The van der Waals surface area contributed by atoms with Crippen molar-refractivity contribution in [2.24, 2.45) is 0 Å². The first-order chi connectivity index (χ1) is 7.11. The predicted molar refractivity (Wildman–Crippen MR) is 60.0 cm³/mol. The number of hydrogen-bond donors (Lipinski definition) is 2. The molecular weight excluding hydrogens is 192 g/mol. The molecule has 0 spiro atoms. The highest BCUT2D eigenvalue weighted by Gasteiger charge is 2.18. The standard InChI is InChI=1S/C11H22N2O2/c1-9(8-12-10(2)11(14)15)13-6-4-3-5-7-13/h9-10,12H,3-8H2,1-2H3,(H,14,15). The summed E-state index contributed by atoms with van der Waals surface area (Å²) < 4.78 is 0. The van der Waals surface area contributed by atoms with E-state index in [2.05, 4.69) is 17.1 Å². The highest BCUT2D eigenvalue weighted by Crippen LogP contribution is 2.11. The van der Waals surface area contributed by atoms with Crippen LogP contribution < -0.4 is 5.32 Å². The maximum atomic E-state index is 10.6. The van der Waals surface area contributed by atoms with Crippen molar-refractivity contribution in [3.63, 3.8) is 0 Å². The van der Waals surface area contributed by atoms with Gasteiger partial charge in [0.25, 0.3) is 0 Å². The quantitative estimate of drug-likeness (QED) is 0.714. The third-order valence-electron chi connectivity index (χ3n) is 3.10. The summed E-state index contributed by atoms with van der Waals surface area (Å²) in [6.45, 7) is 6.92. The lowest BCUT2D eigenvalue weighted by Gasteiger charge is -2.32. The number of nitrogens with zero attached hydrogens (tertiary/aromatic N) is 1. The number of carboxylic acids is 1. The molecule has 2 unspecified atom stereocenters. The molecule has 2 atom stereocenters. The van der Waals surface area contributed by atoms with Gasteiger partial charge in [0.1, 0.15) is 6.04 Å². The summed E-state index contributed by atoms with van der Waals surface area (Å²) in [5, 5.41) is 11.8. The van der Waals surface area contributed by atoms with E-state index in [1.807, 2.05) is 0 Å². The highest BCUT2D eigenvalue weighted by molar-refractivity contribution is 5.72. The zero-order valence-electron chi connectivity index (χ0n) is 9.70. The van der Waals surface area contributed by atoms with E-state index in [-0.39, 0.29) is 0 Å². The van der Waals surface area contributed by atoms with Gasteiger partial charge in [-0.1, -0.05) is 6.42 Å². The lowest BCUT2D eigenvalue weighted by Crippen LogP contribution is -2.46. The Bertz CT molecular complexity index is 203. The Kier molecular flexibility index (Phi) is 5.05. The number of carbonyl (C=O) groups is 1. The van der Waals surface area contributed by atoms with E-state index in [0.29, 0.717) is 6.04 Å². The van der Waals surface area contributed by atoms with Crippen molar-refractivity contribution < 1.29 is 9.90 Å². The molecule has 0 bridgehead atoms. The number of piperidine rings is 1. The van der Waals surface area contributed by atoms with Gasteiger partial charge < -0.3 is 10.4 Å². The fourth-order valence-corrected chi connectivity index (χ4v) is 1.92. The maximum Gasteiger partial charge on any atom is 0.320 e. The van der Waals surface area contributed by atoms with Crippen LogP contribution in [0.4, 0.5) is 0 Å². The second-order valence-electron chi connectivity index (χ2n) is 4.41. The van der Waals surface area contributed by atoms with Crippen molar-refractivity contribution in [2.45, 2.75) is 45.2 Å². The summed E-state index contributed by atoms with van der Waals surface area (Å²) in [6, 6.07) is -0.00987. The van der Waals surface area contributed by atoms with Crippen LogP contribution in [-0.4, -0.2) is 47.7 Å². The minimum atomic E-state index is -0.777. The van der Waals surface area contributed by atoms with Gasteiger partial charge in [0, 0.05) is 12.6 Å². The minimum absolute atomic E-state index is 0.437. The molecule has 1 heterocycles. The average Bonchev–Trinajstić information content (AvgIpc) is 2.26. The molecule has 0 aromatic rings. The van der Waals surface area contributed by atoms with Gasteiger partial charge in [-0.25, -0.2) is 0 Å². The lowest BCUT2D eigenvalue weighted by molar-refractivity contribution is -0.139. The Morgan fingerprint density at radius 3 is 2.47 bits per heavy atom. The second kappa shape index (κ2) is 6.08. The molecule has 2 N–H and O–H groups in total. The van der Waals surface area contributed by atoms with Crippen molar-refractivity contribution in [2.75, 3.05) is 19.6 Å². The number of nitrogens with one attached hydrogen (secondary N) is 1. The highest BCUT2D eigenvalue weighted by atomic mass is 16.4. The van der Waals surface area contributed by atoms with Gasteiger partial charge in [-0.15, -0.1) is 0 Å². The first-order valence-electron chi connectivity index (χ1n) is 5.81. The molecule has 88 valence electrons. The number of hydrogen-bond acceptors (Lipinski definition) is 3. The van der Waals surface area contributed by atoms with Crippen molar-refractivity contribution in [3.8, 4) is 0 Å². The summed E-state index contributed by atoms with van der Waals surface area (Å²) in [7, 11) is 0. The van der Waals surface area contributed by atoms with E-state index in [0.717, 1.165) is 19.6 Å². The minimum Gasteiger partial charge on any atom is -0.480 e. The normalized spacial score (nSPS) is 22.3. The van der Waals surface area contributed by atoms with Crippen LogP contribution in [0, 0.1) is 0 Å². The van der Waals surface area contributed by atoms with Gasteiger partial charge in [0.2, 0.25) is 0 Å². The Labute approximate surface area is 91.6 Å². The van der Waals surface area contributed by atoms with Crippen LogP contribution in [0.5, 0.6) is 0 Å². The molecular formula is C11H22N2O2. The van der Waals surface area contributed by atoms with E-state index in [1.165, 1.54) is 19.3 Å². The predicted octanol–water partition coefficient (Wildman–Crippen LogP) is 0.923. The van der Waals surface area contributed by atoms with Gasteiger partial charge >= 0.3 is 5.97 Å². The molecule has 4 nitrogen and oxygen atoms in total. The van der Waals surface area contributed by atoms with Crippen LogP contribution in [0.2, 0.25) is 0 Å². The SMILES string of the molecule is CC(NCC(C)N1CCCCC1)C(=O)O. The molecule has 0 amide bonds. The van der Waals surface area contributed by atoms with Crippen LogP contribution in [-0.2, 0) is 4.79 Å². The smallest absolute Gasteiger partial charge is 0.320 e. The molecule has 1 aliphatic heterocycles. The molecule has 1 aliphatic rings. The average molecular weight is 214 g/mol.